The lowest BCUT2D eigenvalue weighted by atomic mass is 10.1. The smallest absolute Gasteiger partial charge is 0.165 e. The molecule has 1 aromatic heterocycles. The Bertz CT molecular complexity index is 545. The maximum Gasteiger partial charge on any atom is 0.165 e. The minimum absolute atomic E-state index is 0.127. The Morgan fingerprint density at radius 1 is 1.35 bits per heavy atom. The zero-order valence-electron chi connectivity index (χ0n) is 11.8. The van der Waals surface area contributed by atoms with Crippen LogP contribution < -0.4 is 10.1 Å². The van der Waals surface area contributed by atoms with Crippen LogP contribution in [0.2, 0.25) is 0 Å². The number of nitrogens with zero attached hydrogens (tertiary/aromatic N) is 1. The molecule has 0 aliphatic carbocycles. The summed E-state index contributed by atoms with van der Waals surface area (Å²) in [5.74, 6) is -0.0718. The van der Waals surface area contributed by atoms with Gasteiger partial charge in [0.1, 0.15) is 6.61 Å². The SMILES string of the molecule is CCNC(C)c1ccc(OCc2cccnc2)c(F)c1. The second-order valence-electron chi connectivity index (χ2n) is 4.62. The van der Waals surface area contributed by atoms with Gasteiger partial charge >= 0.3 is 0 Å². The van der Waals surface area contributed by atoms with Crippen molar-refractivity contribution in [1.82, 2.24) is 10.3 Å². The number of rotatable bonds is 6. The van der Waals surface area contributed by atoms with Crippen molar-refractivity contribution in [2.24, 2.45) is 0 Å². The normalized spacial score (nSPS) is 12.2. The number of nitrogens with one attached hydrogen (secondary N) is 1. The summed E-state index contributed by atoms with van der Waals surface area (Å²) in [5.41, 5.74) is 1.83. The molecule has 0 aliphatic rings. The monoisotopic (exact) mass is 274 g/mol. The van der Waals surface area contributed by atoms with Crippen molar-refractivity contribution in [2.75, 3.05) is 6.54 Å². The first kappa shape index (κ1) is 14.5. The molecule has 106 valence electrons. The van der Waals surface area contributed by atoms with Crippen LogP contribution in [0.3, 0.4) is 0 Å². The number of benzene rings is 1. The van der Waals surface area contributed by atoms with Crippen molar-refractivity contribution in [3.8, 4) is 5.75 Å². The van der Waals surface area contributed by atoms with Gasteiger partial charge in [0.05, 0.1) is 0 Å². The fraction of sp³-hybridized carbons (Fsp3) is 0.312. The van der Waals surface area contributed by atoms with Crippen molar-refractivity contribution in [3.05, 3.63) is 59.7 Å². The molecule has 1 heterocycles. The first-order valence-corrected chi connectivity index (χ1v) is 6.75. The van der Waals surface area contributed by atoms with Crippen LogP contribution in [-0.2, 0) is 6.61 Å². The Balaban J connectivity index is 2.02. The summed E-state index contributed by atoms with van der Waals surface area (Å²) in [6.45, 7) is 5.20. The third-order valence-electron chi connectivity index (χ3n) is 3.08. The largest absolute Gasteiger partial charge is 0.486 e. The van der Waals surface area contributed by atoms with E-state index >= 15 is 0 Å². The van der Waals surface area contributed by atoms with Crippen LogP contribution in [0.1, 0.15) is 31.0 Å². The van der Waals surface area contributed by atoms with Crippen molar-refractivity contribution in [3.63, 3.8) is 0 Å². The highest BCUT2D eigenvalue weighted by Crippen LogP contribution is 2.22. The average molecular weight is 274 g/mol. The van der Waals surface area contributed by atoms with E-state index in [4.69, 9.17) is 4.74 Å². The van der Waals surface area contributed by atoms with Gasteiger partial charge in [0, 0.05) is 24.0 Å². The number of pyridine rings is 1. The lowest BCUT2D eigenvalue weighted by Gasteiger charge is -2.14. The number of ether oxygens (including phenoxy) is 1. The van der Waals surface area contributed by atoms with Gasteiger partial charge in [-0.3, -0.25) is 4.98 Å². The Kier molecular flexibility index (Phi) is 5.07. The highest BCUT2D eigenvalue weighted by molar-refractivity contribution is 5.31. The highest BCUT2D eigenvalue weighted by atomic mass is 19.1. The molecule has 0 aliphatic heterocycles. The molecule has 1 N–H and O–H groups in total. The standard InChI is InChI=1S/C16H19FN2O/c1-3-19-12(2)14-6-7-16(15(17)9-14)20-11-13-5-4-8-18-10-13/h4-10,12,19H,3,11H2,1-2H3. The number of hydrogen-bond donors (Lipinski definition) is 1. The van der Waals surface area contributed by atoms with E-state index in [2.05, 4.69) is 10.3 Å². The number of hydrogen-bond acceptors (Lipinski definition) is 3. The molecule has 0 amide bonds. The van der Waals surface area contributed by atoms with Gasteiger partial charge in [-0.1, -0.05) is 19.1 Å². The Morgan fingerprint density at radius 3 is 2.85 bits per heavy atom. The Hall–Kier alpha value is -1.94. The molecule has 2 aromatic rings. The summed E-state index contributed by atoms with van der Waals surface area (Å²) in [6, 6.07) is 8.93. The third kappa shape index (κ3) is 3.78. The predicted molar refractivity (Wildman–Crippen MR) is 77.1 cm³/mol. The summed E-state index contributed by atoms with van der Waals surface area (Å²) in [7, 11) is 0. The van der Waals surface area contributed by atoms with Gasteiger partial charge in [-0.2, -0.15) is 0 Å². The quantitative estimate of drug-likeness (QED) is 0.875. The molecule has 1 atom stereocenters. The van der Waals surface area contributed by atoms with Crippen LogP contribution >= 0.6 is 0 Å². The molecule has 2 rings (SSSR count). The van der Waals surface area contributed by atoms with Crippen LogP contribution in [-0.4, -0.2) is 11.5 Å². The molecule has 0 bridgehead atoms. The number of halogens is 1. The van der Waals surface area contributed by atoms with Crippen LogP contribution in [0, 0.1) is 5.82 Å². The van der Waals surface area contributed by atoms with E-state index in [1.54, 1.807) is 18.5 Å². The summed E-state index contributed by atoms with van der Waals surface area (Å²) in [5, 5.41) is 3.25. The van der Waals surface area contributed by atoms with Crippen molar-refractivity contribution >= 4 is 0 Å². The molecule has 0 fully saturated rings. The van der Waals surface area contributed by atoms with Crippen LogP contribution in [0.25, 0.3) is 0 Å². The molecule has 1 unspecified atom stereocenters. The summed E-state index contributed by atoms with van der Waals surface area (Å²) < 4.78 is 19.5. The van der Waals surface area contributed by atoms with Gasteiger partial charge < -0.3 is 10.1 Å². The fourth-order valence-electron chi connectivity index (χ4n) is 1.97. The van der Waals surface area contributed by atoms with E-state index in [1.165, 1.54) is 6.07 Å². The highest BCUT2D eigenvalue weighted by Gasteiger charge is 2.09. The molecule has 20 heavy (non-hydrogen) atoms. The summed E-state index contributed by atoms with van der Waals surface area (Å²) in [6.07, 6.45) is 3.40. The zero-order chi connectivity index (χ0) is 14.4. The molecular formula is C16H19FN2O. The molecule has 0 saturated heterocycles. The second kappa shape index (κ2) is 7.01. The molecule has 0 spiro atoms. The zero-order valence-corrected chi connectivity index (χ0v) is 11.8. The van der Waals surface area contributed by atoms with E-state index in [0.29, 0.717) is 6.61 Å². The third-order valence-corrected chi connectivity index (χ3v) is 3.08. The van der Waals surface area contributed by atoms with Crippen molar-refractivity contribution in [2.45, 2.75) is 26.5 Å². The fourth-order valence-corrected chi connectivity index (χ4v) is 1.97. The van der Waals surface area contributed by atoms with Gasteiger partial charge in [0.25, 0.3) is 0 Å². The minimum Gasteiger partial charge on any atom is -0.486 e. The molecule has 1 aromatic carbocycles. The van der Waals surface area contributed by atoms with Gasteiger partial charge in [-0.15, -0.1) is 0 Å². The first-order valence-electron chi connectivity index (χ1n) is 6.75. The van der Waals surface area contributed by atoms with E-state index in [9.17, 15) is 4.39 Å². The van der Waals surface area contributed by atoms with Gasteiger partial charge in [0.15, 0.2) is 11.6 Å². The first-order chi connectivity index (χ1) is 9.70. The Labute approximate surface area is 118 Å². The molecule has 3 nitrogen and oxygen atoms in total. The average Bonchev–Trinajstić information content (AvgIpc) is 2.47. The topological polar surface area (TPSA) is 34.1 Å². The summed E-state index contributed by atoms with van der Waals surface area (Å²) in [4.78, 5) is 4.00. The maximum absolute atomic E-state index is 14.0. The van der Waals surface area contributed by atoms with Gasteiger partial charge in [-0.25, -0.2) is 4.39 Å². The molecule has 0 saturated carbocycles. The van der Waals surface area contributed by atoms with E-state index in [0.717, 1.165) is 17.7 Å². The molecule has 0 radical (unpaired) electrons. The molecular weight excluding hydrogens is 255 g/mol. The lowest BCUT2D eigenvalue weighted by Crippen LogP contribution is -2.17. The van der Waals surface area contributed by atoms with Crippen LogP contribution in [0.5, 0.6) is 5.75 Å². The maximum atomic E-state index is 14.0. The van der Waals surface area contributed by atoms with Crippen LogP contribution in [0.4, 0.5) is 4.39 Å². The Morgan fingerprint density at radius 2 is 2.20 bits per heavy atom. The van der Waals surface area contributed by atoms with E-state index < -0.39 is 0 Å². The molecule has 4 heteroatoms. The van der Waals surface area contributed by atoms with Crippen molar-refractivity contribution in [1.29, 1.82) is 0 Å². The summed E-state index contributed by atoms with van der Waals surface area (Å²) >= 11 is 0. The number of aromatic nitrogens is 1. The predicted octanol–water partition coefficient (Wildman–Crippen LogP) is 3.47. The van der Waals surface area contributed by atoms with Crippen LogP contribution in [0.15, 0.2) is 42.7 Å². The van der Waals surface area contributed by atoms with E-state index in [-0.39, 0.29) is 17.6 Å². The second-order valence-corrected chi connectivity index (χ2v) is 4.62. The van der Waals surface area contributed by atoms with Gasteiger partial charge in [0.2, 0.25) is 0 Å². The lowest BCUT2D eigenvalue weighted by molar-refractivity contribution is 0.289. The minimum atomic E-state index is -0.337. The van der Waals surface area contributed by atoms with E-state index in [1.807, 2.05) is 32.0 Å². The van der Waals surface area contributed by atoms with Crippen molar-refractivity contribution < 1.29 is 9.13 Å². The van der Waals surface area contributed by atoms with Gasteiger partial charge in [-0.05, 0) is 37.2 Å².